The SMILES string of the molecule is CSCCC(NC(=O)N1CC(=O)NC(=O)C1(C)C)C(=O)O. The molecule has 118 valence electrons. The Morgan fingerprint density at radius 2 is 2.10 bits per heavy atom. The molecule has 0 aromatic carbocycles. The monoisotopic (exact) mass is 317 g/mol. The topological polar surface area (TPSA) is 116 Å². The minimum Gasteiger partial charge on any atom is -0.480 e. The fourth-order valence-corrected chi connectivity index (χ4v) is 2.30. The minimum atomic E-state index is -1.22. The summed E-state index contributed by atoms with van der Waals surface area (Å²) in [6, 6.07) is -1.79. The van der Waals surface area contributed by atoms with Crippen molar-refractivity contribution in [3.8, 4) is 0 Å². The molecule has 1 heterocycles. The van der Waals surface area contributed by atoms with Crippen molar-refractivity contribution in [3.05, 3.63) is 0 Å². The minimum absolute atomic E-state index is 0.261. The predicted octanol–water partition coefficient (Wildman–Crippen LogP) is -0.361. The van der Waals surface area contributed by atoms with E-state index in [0.717, 1.165) is 4.90 Å². The maximum Gasteiger partial charge on any atom is 0.326 e. The van der Waals surface area contributed by atoms with E-state index < -0.39 is 35.4 Å². The third-order valence-electron chi connectivity index (χ3n) is 3.24. The number of thioether (sulfide) groups is 1. The lowest BCUT2D eigenvalue weighted by molar-refractivity contribution is -0.142. The van der Waals surface area contributed by atoms with Crippen molar-refractivity contribution >= 4 is 35.6 Å². The molecule has 9 heteroatoms. The van der Waals surface area contributed by atoms with E-state index in [4.69, 9.17) is 5.11 Å². The summed E-state index contributed by atoms with van der Waals surface area (Å²) in [7, 11) is 0. The molecular formula is C12H19N3O5S. The van der Waals surface area contributed by atoms with Gasteiger partial charge in [0.25, 0.3) is 5.91 Å². The third-order valence-corrected chi connectivity index (χ3v) is 3.88. The summed E-state index contributed by atoms with van der Waals surface area (Å²) >= 11 is 1.46. The van der Waals surface area contributed by atoms with Crippen LogP contribution in [0.4, 0.5) is 4.79 Å². The van der Waals surface area contributed by atoms with E-state index in [9.17, 15) is 19.2 Å². The Hall–Kier alpha value is -1.77. The van der Waals surface area contributed by atoms with Crippen LogP contribution in [0, 0.1) is 0 Å². The first-order chi connectivity index (χ1) is 9.70. The molecule has 21 heavy (non-hydrogen) atoms. The molecule has 0 aromatic rings. The van der Waals surface area contributed by atoms with Crippen molar-refractivity contribution in [3.63, 3.8) is 0 Å². The zero-order chi connectivity index (χ0) is 16.2. The van der Waals surface area contributed by atoms with E-state index in [-0.39, 0.29) is 13.0 Å². The van der Waals surface area contributed by atoms with E-state index in [1.807, 2.05) is 6.26 Å². The number of imide groups is 1. The average Bonchev–Trinajstić information content (AvgIpc) is 2.38. The normalized spacial score (nSPS) is 18.9. The second kappa shape index (κ2) is 6.79. The number of hydrogen-bond acceptors (Lipinski definition) is 5. The maximum atomic E-state index is 12.2. The van der Waals surface area contributed by atoms with Crippen molar-refractivity contribution in [2.24, 2.45) is 0 Å². The molecule has 1 aliphatic heterocycles. The summed E-state index contributed by atoms with van der Waals surface area (Å²) in [6.45, 7) is 2.69. The number of rotatable bonds is 5. The van der Waals surface area contributed by atoms with Crippen LogP contribution in [0.15, 0.2) is 0 Å². The van der Waals surface area contributed by atoms with Crippen LogP contribution in [-0.4, -0.2) is 64.0 Å². The van der Waals surface area contributed by atoms with Gasteiger partial charge in [0.15, 0.2) is 0 Å². The van der Waals surface area contributed by atoms with Crippen molar-refractivity contribution in [2.45, 2.75) is 31.8 Å². The highest BCUT2D eigenvalue weighted by atomic mass is 32.2. The number of hydrogen-bond donors (Lipinski definition) is 3. The molecule has 0 radical (unpaired) electrons. The molecule has 0 aliphatic carbocycles. The van der Waals surface area contributed by atoms with Crippen LogP contribution >= 0.6 is 11.8 Å². The Kier molecular flexibility index (Phi) is 5.59. The van der Waals surface area contributed by atoms with Crippen LogP contribution in [0.25, 0.3) is 0 Å². The maximum absolute atomic E-state index is 12.2. The molecule has 0 saturated carbocycles. The van der Waals surface area contributed by atoms with Crippen molar-refractivity contribution in [2.75, 3.05) is 18.6 Å². The van der Waals surface area contributed by atoms with Crippen LogP contribution in [0.1, 0.15) is 20.3 Å². The highest BCUT2D eigenvalue weighted by Crippen LogP contribution is 2.18. The van der Waals surface area contributed by atoms with Crippen LogP contribution < -0.4 is 10.6 Å². The van der Waals surface area contributed by atoms with Crippen LogP contribution in [-0.2, 0) is 14.4 Å². The van der Waals surface area contributed by atoms with Gasteiger partial charge in [0, 0.05) is 0 Å². The number of carboxylic acid groups (broad SMARTS) is 1. The van der Waals surface area contributed by atoms with Crippen LogP contribution in [0.3, 0.4) is 0 Å². The van der Waals surface area contributed by atoms with Crippen molar-refractivity contribution in [1.29, 1.82) is 0 Å². The van der Waals surface area contributed by atoms with Gasteiger partial charge in [0.1, 0.15) is 18.1 Å². The summed E-state index contributed by atoms with van der Waals surface area (Å²) < 4.78 is 0. The molecule has 8 nitrogen and oxygen atoms in total. The van der Waals surface area contributed by atoms with Gasteiger partial charge in [-0.15, -0.1) is 0 Å². The second-order valence-electron chi connectivity index (χ2n) is 5.14. The summed E-state index contributed by atoms with van der Waals surface area (Å²) in [5, 5.41) is 13.6. The fraction of sp³-hybridized carbons (Fsp3) is 0.667. The number of carbonyl (C=O) groups is 4. The third kappa shape index (κ3) is 4.10. The van der Waals surface area contributed by atoms with E-state index in [2.05, 4.69) is 10.6 Å². The molecular weight excluding hydrogens is 298 g/mol. The molecule has 1 fully saturated rings. The predicted molar refractivity (Wildman–Crippen MR) is 76.9 cm³/mol. The van der Waals surface area contributed by atoms with Gasteiger partial charge in [-0.1, -0.05) is 0 Å². The molecule has 3 N–H and O–H groups in total. The molecule has 1 saturated heterocycles. The molecule has 1 rings (SSSR count). The Labute approximate surface area is 126 Å². The fourth-order valence-electron chi connectivity index (χ4n) is 1.83. The number of aliphatic carboxylic acids is 1. The first-order valence-corrected chi connectivity index (χ1v) is 7.73. The standard InChI is InChI=1S/C12H19N3O5S/c1-12(2)10(19)14-8(16)6-15(12)11(20)13-7(9(17)18)4-5-21-3/h7H,4-6H2,1-3H3,(H,13,20)(H,17,18)(H,14,16,19). The highest BCUT2D eigenvalue weighted by Gasteiger charge is 2.44. The summed E-state index contributed by atoms with van der Waals surface area (Å²) in [6.07, 6.45) is 2.09. The number of piperazine rings is 1. The summed E-state index contributed by atoms with van der Waals surface area (Å²) in [5.74, 6) is -1.77. The average molecular weight is 317 g/mol. The van der Waals surface area contributed by atoms with Gasteiger partial charge >= 0.3 is 12.0 Å². The molecule has 0 aromatic heterocycles. The molecule has 0 spiro atoms. The molecule has 1 atom stereocenters. The summed E-state index contributed by atoms with van der Waals surface area (Å²) in [4.78, 5) is 47.5. The number of carbonyl (C=O) groups excluding carboxylic acids is 3. The molecule has 0 bridgehead atoms. The highest BCUT2D eigenvalue weighted by molar-refractivity contribution is 7.98. The quantitative estimate of drug-likeness (QED) is 0.596. The number of urea groups is 1. The number of carboxylic acids is 1. The Morgan fingerprint density at radius 3 is 2.62 bits per heavy atom. The van der Waals surface area contributed by atoms with Gasteiger partial charge in [-0.3, -0.25) is 14.9 Å². The smallest absolute Gasteiger partial charge is 0.326 e. The molecule has 1 aliphatic rings. The van der Waals surface area contributed by atoms with E-state index in [1.54, 1.807) is 0 Å². The van der Waals surface area contributed by atoms with Crippen LogP contribution in [0.5, 0.6) is 0 Å². The van der Waals surface area contributed by atoms with E-state index in [0.29, 0.717) is 5.75 Å². The van der Waals surface area contributed by atoms with Crippen molar-refractivity contribution < 1.29 is 24.3 Å². The first kappa shape index (κ1) is 17.3. The molecule has 4 amide bonds. The Morgan fingerprint density at radius 1 is 1.48 bits per heavy atom. The van der Waals surface area contributed by atoms with Gasteiger partial charge in [0.05, 0.1) is 0 Å². The van der Waals surface area contributed by atoms with Gasteiger partial charge < -0.3 is 15.3 Å². The number of amides is 4. The first-order valence-electron chi connectivity index (χ1n) is 6.34. The van der Waals surface area contributed by atoms with Gasteiger partial charge in [-0.05, 0) is 32.3 Å². The van der Waals surface area contributed by atoms with Gasteiger partial charge in [-0.2, -0.15) is 11.8 Å². The second-order valence-corrected chi connectivity index (χ2v) is 6.13. The van der Waals surface area contributed by atoms with Gasteiger partial charge in [0.2, 0.25) is 5.91 Å². The lowest BCUT2D eigenvalue weighted by atomic mass is 9.99. The van der Waals surface area contributed by atoms with Crippen LogP contribution in [0.2, 0.25) is 0 Å². The molecule has 1 unspecified atom stereocenters. The van der Waals surface area contributed by atoms with E-state index >= 15 is 0 Å². The number of nitrogens with one attached hydrogen (secondary N) is 2. The largest absolute Gasteiger partial charge is 0.480 e. The summed E-state index contributed by atoms with van der Waals surface area (Å²) in [5.41, 5.74) is -1.22. The van der Waals surface area contributed by atoms with E-state index in [1.165, 1.54) is 25.6 Å². The lowest BCUT2D eigenvalue weighted by Crippen LogP contribution is -2.67. The lowest BCUT2D eigenvalue weighted by Gasteiger charge is -2.40. The zero-order valence-electron chi connectivity index (χ0n) is 12.1. The Bertz CT molecular complexity index is 466. The Balaban J connectivity index is 2.82. The van der Waals surface area contributed by atoms with Gasteiger partial charge in [-0.25, -0.2) is 9.59 Å². The van der Waals surface area contributed by atoms with Crippen molar-refractivity contribution in [1.82, 2.24) is 15.5 Å². The zero-order valence-corrected chi connectivity index (χ0v) is 13.0. The number of nitrogens with zero attached hydrogens (tertiary/aromatic N) is 1.